The zero-order valence-corrected chi connectivity index (χ0v) is 11.5. The first kappa shape index (κ1) is 13.8. The van der Waals surface area contributed by atoms with E-state index in [2.05, 4.69) is 0 Å². The maximum Gasteiger partial charge on any atom is 0.123 e. The number of methoxy groups -OCH3 is 1. The van der Waals surface area contributed by atoms with Crippen molar-refractivity contribution in [3.05, 3.63) is 63.9 Å². The van der Waals surface area contributed by atoms with E-state index in [1.807, 2.05) is 25.1 Å². The average Bonchev–Trinajstić information content (AvgIpc) is 2.41. The van der Waals surface area contributed by atoms with Crippen LogP contribution in [-0.4, -0.2) is 7.11 Å². The average molecular weight is 280 g/mol. The molecule has 0 spiro atoms. The minimum Gasteiger partial charge on any atom is -0.496 e. The number of hydrogen-bond donors (Lipinski definition) is 1. The molecule has 1 atom stereocenters. The first-order valence-electron chi connectivity index (χ1n) is 5.88. The summed E-state index contributed by atoms with van der Waals surface area (Å²) in [4.78, 5) is 0. The third-order valence-corrected chi connectivity index (χ3v) is 3.43. The van der Waals surface area contributed by atoms with E-state index in [9.17, 15) is 4.39 Å². The van der Waals surface area contributed by atoms with Gasteiger partial charge in [0.25, 0.3) is 0 Å². The molecule has 2 aromatic rings. The molecule has 4 heteroatoms. The quantitative estimate of drug-likeness (QED) is 0.926. The lowest BCUT2D eigenvalue weighted by atomic mass is 9.98. The van der Waals surface area contributed by atoms with Gasteiger partial charge in [-0.1, -0.05) is 23.7 Å². The van der Waals surface area contributed by atoms with Gasteiger partial charge in [0.1, 0.15) is 11.6 Å². The van der Waals surface area contributed by atoms with Gasteiger partial charge in [-0.2, -0.15) is 0 Å². The Bertz CT molecular complexity index is 601. The van der Waals surface area contributed by atoms with Crippen LogP contribution >= 0.6 is 11.6 Å². The first-order valence-corrected chi connectivity index (χ1v) is 6.26. The number of rotatable bonds is 3. The summed E-state index contributed by atoms with van der Waals surface area (Å²) in [7, 11) is 1.60. The van der Waals surface area contributed by atoms with E-state index in [0.717, 1.165) is 16.9 Å². The Morgan fingerprint density at radius 1 is 1.21 bits per heavy atom. The zero-order chi connectivity index (χ0) is 14.0. The number of hydrogen-bond acceptors (Lipinski definition) is 2. The molecule has 2 aromatic carbocycles. The van der Waals surface area contributed by atoms with Crippen LogP contribution in [0.1, 0.15) is 22.7 Å². The van der Waals surface area contributed by atoms with Crippen molar-refractivity contribution < 1.29 is 9.13 Å². The van der Waals surface area contributed by atoms with Crippen LogP contribution in [0.15, 0.2) is 36.4 Å². The molecule has 0 aromatic heterocycles. The maximum atomic E-state index is 13.3. The van der Waals surface area contributed by atoms with Crippen LogP contribution in [-0.2, 0) is 0 Å². The van der Waals surface area contributed by atoms with Gasteiger partial charge in [-0.3, -0.25) is 0 Å². The molecule has 0 amide bonds. The smallest absolute Gasteiger partial charge is 0.123 e. The molecule has 0 aliphatic rings. The minimum absolute atomic E-state index is 0.353. The molecule has 0 saturated heterocycles. The summed E-state index contributed by atoms with van der Waals surface area (Å²) in [6.07, 6.45) is 0. The molecule has 0 aliphatic carbocycles. The zero-order valence-electron chi connectivity index (χ0n) is 10.8. The highest BCUT2D eigenvalue weighted by atomic mass is 35.5. The highest BCUT2D eigenvalue weighted by molar-refractivity contribution is 6.31. The topological polar surface area (TPSA) is 35.2 Å². The fourth-order valence-corrected chi connectivity index (χ4v) is 2.20. The molecule has 2 N–H and O–H groups in total. The van der Waals surface area contributed by atoms with Crippen LogP contribution in [0.4, 0.5) is 4.39 Å². The Labute approximate surface area is 117 Å². The van der Waals surface area contributed by atoms with Crippen molar-refractivity contribution in [1.29, 1.82) is 0 Å². The van der Waals surface area contributed by atoms with E-state index < -0.39 is 6.04 Å². The molecule has 1 unspecified atom stereocenters. The normalized spacial score (nSPS) is 12.3. The molecule has 0 saturated carbocycles. The van der Waals surface area contributed by atoms with Gasteiger partial charge in [0.05, 0.1) is 13.2 Å². The predicted molar refractivity (Wildman–Crippen MR) is 75.2 cm³/mol. The Morgan fingerprint density at radius 3 is 2.63 bits per heavy atom. The molecule has 0 fully saturated rings. The van der Waals surface area contributed by atoms with Crippen molar-refractivity contribution in [2.75, 3.05) is 7.11 Å². The number of nitrogens with two attached hydrogens (primary N) is 1. The molecular weight excluding hydrogens is 265 g/mol. The summed E-state index contributed by atoms with van der Waals surface area (Å²) in [6, 6.07) is 9.36. The van der Waals surface area contributed by atoms with E-state index >= 15 is 0 Å². The summed E-state index contributed by atoms with van der Waals surface area (Å²) in [5.74, 6) is 0.398. The lowest BCUT2D eigenvalue weighted by Gasteiger charge is -2.16. The molecule has 0 aliphatic heterocycles. The predicted octanol–water partition coefficient (Wildman–Crippen LogP) is 3.84. The first-order chi connectivity index (χ1) is 9.02. The van der Waals surface area contributed by atoms with Crippen LogP contribution in [0.25, 0.3) is 0 Å². The van der Waals surface area contributed by atoms with Crippen LogP contribution in [0.3, 0.4) is 0 Å². The SMILES string of the molecule is COc1cc(C(N)c2cc(F)ccc2Cl)ccc1C. The highest BCUT2D eigenvalue weighted by Crippen LogP contribution is 2.30. The fourth-order valence-electron chi connectivity index (χ4n) is 1.96. The monoisotopic (exact) mass is 279 g/mol. The van der Waals surface area contributed by atoms with Crippen molar-refractivity contribution in [2.45, 2.75) is 13.0 Å². The van der Waals surface area contributed by atoms with Gasteiger partial charge in [-0.05, 0) is 47.9 Å². The van der Waals surface area contributed by atoms with Gasteiger partial charge in [-0.25, -0.2) is 4.39 Å². The summed E-state index contributed by atoms with van der Waals surface area (Å²) in [5.41, 5.74) is 8.56. The lowest BCUT2D eigenvalue weighted by molar-refractivity contribution is 0.411. The second-order valence-corrected chi connectivity index (χ2v) is 4.78. The Morgan fingerprint density at radius 2 is 1.95 bits per heavy atom. The van der Waals surface area contributed by atoms with E-state index in [0.29, 0.717) is 10.6 Å². The van der Waals surface area contributed by atoms with Crippen molar-refractivity contribution >= 4 is 11.6 Å². The Balaban J connectivity index is 2.43. The minimum atomic E-state index is -0.488. The third kappa shape index (κ3) is 2.88. The summed E-state index contributed by atoms with van der Waals surface area (Å²) in [6.45, 7) is 1.95. The lowest BCUT2D eigenvalue weighted by Crippen LogP contribution is -2.13. The Kier molecular flexibility index (Phi) is 4.08. The van der Waals surface area contributed by atoms with Gasteiger partial charge >= 0.3 is 0 Å². The van der Waals surface area contributed by atoms with Crippen LogP contribution in [0.5, 0.6) is 5.75 Å². The van der Waals surface area contributed by atoms with E-state index in [1.54, 1.807) is 7.11 Å². The maximum absolute atomic E-state index is 13.3. The largest absolute Gasteiger partial charge is 0.496 e. The van der Waals surface area contributed by atoms with E-state index in [-0.39, 0.29) is 5.82 Å². The highest BCUT2D eigenvalue weighted by Gasteiger charge is 2.14. The third-order valence-electron chi connectivity index (χ3n) is 3.08. The summed E-state index contributed by atoms with van der Waals surface area (Å²) < 4.78 is 18.6. The molecule has 19 heavy (non-hydrogen) atoms. The second-order valence-electron chi connectivity index (χ2n) is 4.37. The molecule has 100 valence electrons. The summed E-state index contributed by atoms with van der Waals surface area (Å²) in [5, 5.41) is 0.452. The standard InChI is InChI=1S/C15H15ClFNO/c1-9-3-4-10(7-14(9)19-2)15(18)12-8-11(17)5-6-13(12)16/h3-8,15H,18H2,1-2H3. The second kappa shape index (κ2) is 5.59. The van der Waals surface area contributed by atoms with Crippen molar-refractivity contribution in [2.24, 2.45) is 5.73 Å². The van der Waals surface area contributed by atoms with Crippen molar-refractivity contribution in [3.63, 3.8) is 0 Å². The van der Waals surface area contributed by atoms with Crippen LogP contribution in [0, 0.1) is 12.7 Å². The van der Waals surface area contributed by atoms with Gasteiger partial charge in [0, 0.05) is 5.02 Å². The van der Waals surface area contributed by atoms with Gasteiger partial charge in [-0.15, -0.1) is 0 Å². The van der Waals surface area contributed by atoms with Crippen LogP contribution < -0.4 is 10.5 Å². The Hall–Kier alpha value is -1.58. The molecular formula is C15H15ClFNO. The molecule has 2 nitrogen and oxygen atoms in total. The summed E-state index contributed by atoms with van der Waals surface area (Å²) >= 11 is 6.07. The van der Waals surface area contributed by atoms with Crippen LogP contribution in [0.2, 0.25) is 5.02 Å². The number of aryl methyl sites for hydroxylation is 1. The van der Waals surface area contributed by atoms with Crippen molar-refractivity contribution in [3.8, 4) is 5.75 Å². The molecule has 0 heterocycles. The molecule has 0 radical (unpaired) electrons. The molecule has 2 rings (SSSR count). The van der Waals surface area contributed by atoms with Gasteiger partial charge in [0.2, 0.25) is 0 Å². The fraction of sp³-hybridized carbons (Fsp3) is 0.200. The molecule has 0 bridgehead atoms. The number of ether oxygens (including phenoxy) is 1. The van der Waals surface area contributed by atoms with Gasteiger partial charge in [0.15, 0.2) is 0 Å². The number of benzene rings is 2. The van der Waals surface area contributed by atoms with Gasteiger partial charge < -0.3 is 10.5 Å². The number of halogens is 2. The van der Waals surface area contributed by atoms with E-state index in [4.69, 9.17) is 22.1 Å². The van der Waals surface area contributed by atoms with Crippen molar-refractivity contribution in [1.82, 2.24) is 0 Å². The van der Waals surface area contributed by atoms with E-state index in [1.165, 1.54) is 18.2 Å².